The number of hydrogen-bond donors (Lipinski definition) is 3. The monoisotopic (exact) mass is 251 g/mol. The van der Waals surface area contributed by atoms with Crippen LogP contribution in [0.25, 0.3) is 0 Å². The van der Waals surface area contributed by atoms with Crippen LogP contribution in [0.15, 0.2) is 24.3 Å². The molecule has 98 valence electrons. The van der Waals surface area contributed by atoms with E-state index in [0.29, 0.717) is 18.2 Å². The van der Waals surface area contributed by atoms with Gasteiger partial charge in [0.1, 0.15) is 5.82 Å². The first-order valence-corrected chi connectivity index (χ1v) is 6.22. The number of anilines is 1. The number of nitrogens with one attached hydrogen (secondary N) is 2. The van der Waals surface area contributed by atoms with E-state index in [0.717, 1.165) is 19.3 Å². The van der Waals surface area contributed by atoms with Crippen molar-refractivity contribution in [1.29, 1.82) is 0 Å². The molecule has 1 aliphatic carbocycles. The summed E-state index contributed by atoms with van der Waals surface area (Å²) in [6, 6.07) is 5.66. The summed E-state index contributed by atoms with van der Waals surface area (Å²) in [7, 11) is 0. The SMILES string of the molecule is NCC1CCCC1NC(=O)Nc1cccc(F)c1. The first-order chi connectivity index (χ1) is 8.69. The standard InChI is InChI=1S/C13H18FN3O/c14-10-4-2-5-11(7-10)16-13(18)17-12-6-1-3-9(12)8-15/h2,4-5,7,9,12H,1,3,6,8,15H2,(H2,16,17,18). The molecule has 2 atom stereocenters. The molecule has 0 aromatic heterocycles. The highest BCUT2D eigenvalue weighted by Gasteiger charge is 2.27. The third-order valence-electron chi connectivity index (χ3n) is 3.36. The van der Waals surface area contributed by atoms with Gasteiger partial charge in [-0.15, -0.1) is 0 Å². The van der Waals surface area contributed by atoms with Gasteiger partial charge in [0.25, 0.3) is 0 Å². The summed E-state index contributed by atoms with van der Waals surface area (Å²) in [5, 5.41) is 5.52. The van der Waals surface area contributed by atoms with Gasteiger partial charge in [0, 0.05) is 11.7 Å². The minimum Gasteiger partial charge on any atom is -0.335 e. The van der Waals surface area contributed by atoms with Gasteiger partial charge in [-0.2, -0.15) is 0 Å². The highest BCUT2D eigenvalue weighted by Crippen LogP contribution is 2.24. The van der Waals surface area contributed by atoms with Crippen molar-refractivity contribution in [2.45, 2.75) is 25.3 Å². The van der Waals surface area contributed by atoms with E-state index in [1.165, 1.54) is 12.1 Å². The van der Waals surface area contributed by atoms with Crippen molar-refractivity contribution in [3.8, 4) is 0 Å². The van der Waals surface area contributed by atoms with Crippen LogP contribution in [0.5, 0.6) is 0 Å². The Bertz CT molecular complexity index is 424. The molecule has 0 bridgehead atoms. The highest BCUT2D eigenvalue weighted by atomic mass is 19.1. The van der Waals surface area contributed by atoms with E-state index in [4.69, 9.17) is 5.73 Å². The second-order valence-corrected chi connectivity index (χ2v) is 4.64. The Balaban J connectivity index is 1.89. The number of rotatable bonds is 3. The molecule has 18 heavy (non-hydrogen) atoms. The Kier molecular flexibility index (Phi) is 4.15. The largest absolute Gasteiger partial charge is 0.335 e. The molecule has 0 radical (unpaired) electrons. The summed E-state index contributed by atoms with van der Waals surface area (Å²) in [4.78, 5) is 11.8. The van der Waals surface area contributed by atoms with Crippen LogP contribution >= 0.6 is 0 Å². The van der Waals surface area contributed by atoms with E-state index in [2.05, 4.69) is 10.6 Å². The van der Waals surface area contributed by atoms with Crippen LogP contribution in [0, 0.1) is 11.7 Å². The first-order valence-electron chi connectivity index (χ1n) is 6.22. The Hall–Kier alpha value is -1.62. The second kappa shape index (κ2) is 5.82. The van der Waals surface area contributed by atoms with E-state index in [1.54, 1.807) is 12.1 Å². The summed E-state index contributed by atoms with van der Waals surface area (Å²) in [5.41, 5.74) is 6.10. The summed E-state index contributed by atoms with van der Waals surface area (Å²) >= 11 is 0. The number of amides is 2. The van der Waals surface area contributed by atoms with Crippen molar-refractivity contribution < 1.29 is 9.18 Å². The van der Waals surface area contributed by atoms with Crippen LogP contribution in [-0.4, -0.2) is 18.6 Å². The normalized spacial score (nSPS) is 22.8. The molecule has 0 spiro atoms. The Morgan fingerprint density at radius 2 is 2.28 bits per heavy atom. The van der Waals surface area contributed by atoms with E-state index in [1.807, 2.05) is 0 Å². The molecule has 4 nitrogen and oxygen atoms in total. The third-order valence-corrected chi connectivity index (χ3v) is 3.36. The maximum atomic E-state index is 13.0. The van der Waals surface area contributed by atoms with Gasteiger partial charge in [0.15, 0.2) is 0 Å². The van der Waals surface area contributed by atoms with Crippen molar-refractivity contribution in [3.05, 3.63) is 30.1 Å². The quantitative estimate of drug-likeness (QED) is 0.770. The highest BCUT2D eigenvalue weighted by molar-refractivity contribution is 5.89. The van der Waals surface area contributed by atoms with Gasteiger partial charge in [-0.25, -0.2) is 9.18 Å². The van der Waals surface area contributed by atoms with Crippen molar-refractivity contribution in [1.82, 2.24) is 5.32 Å². The number of nitrogens with two attached hydrogens (primary N) is 1. The van der Waals surface area contributed by atoms with Gasteiger partial charge >= 0.3 is 6.03 Å². The Labute approximate surface area is 106 Å². The molecule has 1 aromatic carbocycles. The molecule has 1 aliphatic rings. The zero-order valence-electron chi connectivity index (χ0n) is 10.2. The Morgan fingerprint density at radius 1 is 1.44 bits per heavy atom. The van der Waals surface area contributed by atoms with Crippen molar-refractivity contribution >= 4 is 11.7 Å². The molecule has 0 aliphatic heterocycles. The van der Waals surface area contributed by atoms with Gasteiger partial charge in [-0.1, -0.05) is 12.5 Å². The van der Waals surface area contributed by atoms with Gasteiger partial charge in [0.2, 0.25) is 0 Å². The minimum atomic E-state index is -0.367. The lowest BCUT2D eigenvalue weighted by Crippen LogP contribution is -2.42. The fraction of sp³-hybridized carbons (Fsp3) is 0.462. The lowest BCUT2D eigenvalue weighted by atomic mass is 10.0. The van der Waals surface area contributed by atoms with E-state index in [-0.39, 0.29) is 17.9 Å². The van der Waals surface area contributed by atoms with Crippen molar-refractivity contribution in [3.63, 3.8) is 0 Å². The molecule has 1 saturated carbocycles. The number of halogens is 1. The molecule has 2 amide bonds. The maximum Gasteiger partial charge on any atom is 0.319 e. The summed E-state index contributed by atoms with van der Waals surface area (Å²) in [5.74, 6) is -0.0169. The lowest BCUT2D eigenvalue weighted by molar-refractivity contribution is 0.245. The molecule has 5 heteroatoms. The van der Waals surface area contributed by atoms with Crippen molar-refractivity contribution in [2.24, 2.45) is 11.7 Å². The first kappa shape index (κ1) is 12.8. The summed E-state index contributed by atoms with van der Waals surface area (Å²) in [6.45, 7) is 0.588. The fourth-order valence-electron chi connectivity index (χ4n) is 2.41. The van der Waals surface area contributed by atoms with E-state index < -0.39 is 0 Å². The Morgan fingerprint density at radius 3 is 3.00 bits per heavy atom. The molecule has 1 aromatic rings. The summed E-state index contributed by atoms with van der Waals surface area (Å²) in [6.07, 6.45) is 3.10. The van der Waals surface area contributed by atoms with Crippen LogP contribution in [-0.2, 0) is 0 Å². The number of carbonyl (C=O) groups excluding carboxylic acids is 1. The molecular weight excluding hydrogens is 233 g/mol. The zero-order chi connectivity index (χ0) is 13.0. The molecule has 2 unspecified atom stereocenters. The molecular formula is C13H18FN3O. The maximum absolute atomic E-state index is 13.0. The van der Waals surface area contributed by atoms with Gasteiger partial charge in [0.05, 0.1) is 0 Å². The van der Waals surface area contributed by atoms with Gasteiger partial charge in [-0.3, -0.25) is 0 Å². The van der Waals surface area contributed by atoms with E-state index in [9.17, 15) is 9.18 Å². The van der Waals surface area contributed by atoms with Crippen LogP contribution in [0.2, 0.25) is 0 Å². The van der Waals surface area contributed by atoms with Gasteiger partial charge in [-0.05, 0) is 43.5 Å². The third kappa shape index (κ3) is 3.20. The topological polar surface area (TPSA) is 67.1 Å². The molecule has 0 heterocycles. The van der Waals surface area contributed by atoms with Gasteiger partial charge < -0.3 is 16.4 Å². The van der Waals surface area contributed by atoms with E-state index >= 15 is 0 Å². The molecule has 4 N–H and O–H groups in total. The molecule has 0 saturated heterocycles. The number of carbonyl (C=O) groups is 1. The average molecular weight is 251 g/mol. The molecule has 1 fully saturated rings. The lowest BCUT2D eigenvalue weighted by Gasteiger charge is -2.19. The second-order valence-electron chi connectivity index (χ2n) is 4.64. The molecule has 2 rings (SSSR count). The van der Waals surface area contributed by atoms with Crippen LogP contribution in [0.3, 0.4) is 0 Å². The zero-order valence-corrected chi connectivity index (χ0v) is 10.2. The minimum absolute atomic E-state index is 0.128. The average Bonchev–Trinajstić information content (AvgIpc) is 2.76. The number of benzene rings is 1. The number of hydrogen-bond acceptors (Lipinski definition) is 2. The van der Waals surface area contributed by atoms with Crippen LogP contribution < -0.4 is 16.4 Å². The smallest absolute Gasteiger partial charge is 0.319 e. The fourth-order valence-corrected chi connectivity index (χ4v) is 2.41. The predicted molar refractivity (Wildman–Crippen MR) is 68.7 cm³/mol. The predicted octanol–water partition coefficient (Wildman–Crippen LogP) is 2.07. The van der Waals surface area contributed by atoms with Crippen LogP contribution in [0.4, 0.5) is 14.9 Å². The van der Waals surface area contributed by atoms with Crippen molar-refractivity contribution in [2.75, 3.05) is 11.9 Å². The summed E-state index contributed by atoms with van der Waals surface area (Å²) < 4.78 is 13.0. The van der Waals surface area contributed by atoms with Crippen LogP contribution in [0.1, 0.15) is 19.3 Å². The number of urea groups is 1.